The van der Waals surface area contributed by atoms with Crippen molar-refractivity contribution in [3.05, 3.63) is 0 Å². The zero-order valence-corrected chi connectivity index (χ0v) is 9.04. The second-order valence-electron chi connectivity index (χ2n) is 3.85. The van der Waals surface area contributed by atoms with E-state index in [4.69, 9.17) is 5.11 Å². The van der Waals surface area contributed by atoms with Gasteiger partial charge in [-0.3, -0.25) is 9.59 Å². The van der Waals surface area contributed by atoms with Gasteiger partial charge in [-0.25, -0.2) is 0 Å². The Hall–Kier alpha value is -1.06. The third kappa shape index (κ3) is 5.56. The zero-order chi connectivity index (χ0) is 11.1. The van der Waals surface area contributed by atoms with Crippen molar-refractivity contribution in [3.63, 3.8) is 0 Å². The number of hydrogen-bond donors (Lipinski definition) is 2. The molecular formula is C10H19NO3. The van der Waals surface area contributed by atoms with Crippen LogP contribution in [0.15, 0.2) is 0 Å². The summed E-state index contributed by atoms with van der Waals surface area (Å²) in [5.41, 5.74) is 0. The first-order chi connectivity index (χ1) is 6.47. The summed E-state index contributed by atoms with van der Waals surface area (Å²) in [6.45, 7) is 5.94. The summed E-state index contributed by atoms with van der Waals surface area (Å²) in [6.07, 6.45) is 0.993. The van der Waals surface area contributed by atoms with Gasteiger partial charge < -0.3 is 10.4 Å². The average Bonchev–Trinajstić information content (AvgIpc) is 2.03. The lowest BCUT2D eigenvalue weighted by atomic mass is 10.1. The molecule has 0 bridgehead atoms. The fourth-order valence-corrected chi connectivity index (χ4v) is 1.09. The van der Waals surface area contributed by atoms with E-state index >= 15 is 0 Å². The van der Waals surface area contributed by atoms with Crippen LogP contribution in [0.4, 0.5) is 0 Å². The Labute approximate surface area is 84.7 Å². The van der Waals surface area contributed by atoms with Crippen LogP contribution in [0.3, 0.4) is 0 Å². The van der Waals surface area contributed by atoms with Crippen molar-refractivity contribution in [1.82, 2.24) is 5.32 Å². The number of aliphatic carboxylic acids is 1. The van der Waals surface area contributed by atoms with Crippen LogP contribution >= 0.6 is 0 Å². The van der Waals surface area contributed by atoms with Crippen LogP contribution in [0.2, 0.25) is 0 Å². The van der Waals surface area contributed by atoms with Gasteiger partial charge in [0.2, 0.25) is 5.91 Å². The molecule has 14 heavy (non-hydrogen) atoms. The minimum atomic E-state index is -0.850. The van der Waals surface area contributed by atoms with E-state index < -0.39 is 11.9 Å². The molecule has 2 N–H and O–H groups in total. The average molecular weight is 201 g/mol. The number of hydrogen-bond acceptors (Lipinski definition) is 2. The van der Waals surface area contributed by atoms with E-state index in [-0.39, 0.29) is 12.5 Å². The van der Waals surface area contributed by atoms with E-state index in [2.05, 4.69) is 5.32 Å². The fourth-order valence-electron chi connectivity index (χ4n) is 1.09. The minimum absolute atomic E-state index is 0.0697. The van der Waals surface area contributed by atoms with E-state index in [1.165, 1.54) is 0 Å². The second kappa shape index (κ2) is 6.40. The van der Waals surface area contributed by atoms with Gasteiger partial charge in [-0.1, -0.05) is 20.8 Å². The molecule has 0 saturated carbocycles. The maximum Gasteiger partial charge on any atom is 0.308 e. The van der Waals surface area contributed by atoms with Crippen LogP contribution < -0.4 is 5.32 Å². The number of amides is 1. The van der Waals surface area contributed by atoms with Crippen LogP contribution in [0, 0.1) is 11.8 Å². The largest absolute Gasteiger partial charge is 0.481 e. The zero-order valence-electron chi connectivity index (χ0n) is 9.04. The molecular weight excluding hydrogens is 182 g/mol. The molecule has 0 saturated heterocycles. The SMILES string of the molecule is CCC(CNC(=O)CC(C)C)C(=O)O. The van der Waals surface area contributed by atoms with E-state index in [1.807, 2.05) is 13.8 Å². The quantitative estimate of drug-likeness (QED) is 0.680. The van der Waals surface area contributed by atoms with Crippen molar-refractivity contribution in [3.8, 4) is 0 Å². The Morgan fingerprint density at radius 2 is 1.93 bits per heavy atom. The standard InChI is InChI=1S/C10H19NO3/c1-4-8(10(13)14)6-11-9(12)5-7(2)3/h7-8H,4-6H2,1-3H3,(H,11,12)(H,13,14). The van der Waals surface area contributed by atoms with Crippen LogP contribution in [-0.2, 0) is 9.59 Å². The molecule has 0 aromatic rings. The van der Waals surface area contributed by atoms with Gasteiger partial charge in [-0.2, -0.15) is 0 Å². The van der Waals surface area contributed by atoms with Gasteiger partial charge in [0, 0.05) is 13.0 Å². The summed E-state index contributed by atoms with van der Waals surface area (Å²) in [4.78, 5) is 21.8. The van der Waals surface area contributed by atoms with Crippen molar-refractivity contribution in [1.29, 1.82) is 0 Å². The predicted octanol–water partition coefficient (Wildman–Crippen LogP) is 1.26. The van der Waals surface area contributed by atoms with Gasteiger partial charge in [0.05, 0.1) is 5.92 Å². The first-order valence-corrected chi connectivity index (χ1v) is 4.96. The molecule has 0 aliphatic carbocycles. The Morgan fingerprint density at radius 1 is 1.36 bits per heavy atom. The number of carbonyl (C=O) groups excluding carboxylic acids is 1. The summed E-state index contributed by atoms with van der Waals surface area (Å²) >= 11 is 0. The molecule has 1 unspecified atom stereocenters. The fraction of sp³-hybridized carbons (Fsp3) is 0.800. The first kappa shape index (κ1) is 12.9. The Kier molecular flexibility index (Phi) is 5.92. The van der Waals surface area contributed by atoms with E-state index in [0.29, 0.717) is 18.8 Å². The van der Waals surface area contributed by atoms with E-state index in [9.17, 15) is 9.59 Å². The van der Waals surface area contributed by atoms with Crippen LogP contribution in [-0.4, -0.2) is 23.5 Å². The lowest BCUT2D eigenvalue weighted by molar-refractivity contribution is -0.141. The molecule has 4 heteroatoms. The highest BCUT2D eigenvalue weighted by Crippen LogP contribution is 2.02. The smallest absolute Gasteiger partial charge is 0.308 e. The monoisotopic (exact) mass is 201 g/mol. The van der Waals surface area contributed by atoms with Crippen LogP contribution in [0.25, 0.3) is 0 Å². The Morgan fingerprint density at radius 3 is 2.29 bits per heavy atom. The summed E-state index contributed by atoms with van der Waals surface area (Å²) in [6, 6.07) is 0. The van der Waals surface area contributed by atoms with Crippen molar-refractivity contribution in [2.45, 2.75) is 33.6 Å². The lowest BCUT2D eigenvalue weighted by Gasteiger charge is -2.11. The molecule has 0 rings (SSSR count). The van der Waals surface area contributed by atoms with Crippen LogP contribution in [0.5, 0.6) is 0 Å². The first-order valence-electron chi connectivity index (χ1n) is 4.96. The van der Waals surface area contributed by atoms with Gasteiger partial charge in [0.1, 0.15) is 0 Å². The molecule has 0 fully saturated rings. The lowest BCUT2D eigenvalue weighted by Crippen LogP contribution is -2.33. The number of nitrogens with one attached hydrogen (secondary N) is 1. The van der Waals surface area contributed by atoms with Gasteiger partial charge in [-0.05, 0) is 12.3 Å². The van der Waals surface area contributed by atoms with Crippen LogP contribution in [0.1, 0.15) is 33.6 Å². The minimum Gasteiger partial charge on any atom is -0.481 e. The predicted molar refractivity (Wildman–Crippen MR) is 53.9 cm³/mol. The Balaban J connectivity index is 3.80. The number of carboxylic acid groups (broad SMARTS) is 1. The van der Waals surface area contributed by atoms with Crippen molar-refractivity contribution in [2.24, 2.45) is 11.8 Å². The maximum atomic E-state index is 11.2. The summed E-state index contributed by atoms with van der Waals surface area (Å²) in [5, 5.41) is 11.3. The molecule has 0 heterocycles. The molecule has 0 radical (unpaired) electrons. The topological polar surface area (TPSA) is 66.4 Å². The molecule has 0 aliphatic rings. The summed E-state index contributed by atoms with van der Waals surface area (Å²) in [5.74, 6) is -1.08. The molecule has 0 aliphatic heterocycles. The molecule has 4 nitrogen and oxygen atoms in total. The van der Waals surface area contributed by atoms with Gasteiger partial charge >= 0.3 is 5.97 Å². The molecule has 0 aromatic carbocycles. The number of carbonyl (C=O) groups is 2. The third-order valence-corrected chi connectivity index (χ3v) is 1.98. The van der Waals surface area contributed by atoms with Crippen molar-refractivity contribution >= 4 is 11.9 Å². The Bertz CT molecular complexity index is 202. The summed E-state index contributed by atoms with van der Waals surface area (Å²) < 4.78 is 0. The van der Waals surface area contributed by atoms with E-state index in [1.54, 1.807) is 6.92 Å². The van der Waals surface area contributed by atoms with Gasteiger partial charge in [0.15, 0.2) is 0 Å². The number of rotatable bonds is 6. The normalized spacial score (nSPS) is 12.6. The second-order valence-corrected chi connectivity index (χ2v) is 3.85. The highest BCUT2D eigenvalue weighted by atomic mass is 16.4. The van der Waals surface area contributed by atoms with Crippen molar-refractivity contribution < 1.29 is 14.7 Å². The summed E-state index contributed by atoms with van der Waals surface area (Å²) in [7, 11) is 0. The molecule has 1 atom stereocenters. The number of carboxylic acids is 1. The van der Waals surface area contributed by atoms with E-state index in [0.717, 1.165) is 0 Å². The van der Waals surface area contributed by atoms with Crippen molar-refractivity contribution in [2.75, 3.05) is 6.54 Å². The molecule has 82 valence electrons. The molecule has 0 spiro atoms. The van der Waals surface area contributed by atoms with Gasteiger partial charge in [0.25, 0.3) is 0 Å². The highest BCUT2D eigenvalue weighted by molar-refractivity contribution is 5.77. The highest BCUT2D eigenvalue weighted by Gasteiger charge is 2.15. The molecule has 1 amide bonds. The molecule has 0 aromatic heterocycles. The van der Waals surface area contributed by atoms with Gasteiger partial charge in [-0.15, -0.1) is 0 Å². The third-order valence-electron chi connectivity index (χ3n) is 1.98. The maximum absolute atomic E-state index is 11.2.